The standard InChI is InChI=1S/C17H26N2O3S/c1-11-14(12(2)22-18-11)6-8-19-15-9-13-5-7-17(15,16(13,3)4)10-23(19,20)21/h13,15H,5-10H2,1-4H3/t13-,15-,17?/m1/s1. The molecule has 1 aromatic heterocycles. The lowest BCUT2D eigenvalue weighted by Gasteiger charge is -2.37. The van der Waals surface area contributed by atoms with Gasteiger partial charge in [-0.25, -0.2) is 8.42 Å². The molecule has 3 atom stereocenters. The minimum Gasteiger partial charge on any atom is -0.361 e. The third kappa shape index (κ3) is 1.88. The minimum atomic E-state index is -3.16. The Morgan fingerprint density at radius 2 is 2.09 bits per heavy atom. The van der Waals surface area contributed by atoms with Crippen LogP contribution in [0, 0.1) is 30.6 Å². The van der Waals surface area contributed by atoms with Crippen molar-refractivity contribution in [2.75, 3.05) is 12.3 Å². The van der Waals surface area contributed by atoms with E-state index in [0.29, 0.717) is 24.6 Å². The summed E-state index contributed by atoms with van der Waals surface area (Å²) in [5.74, 6) is 1.82. The number of aryl methyl sites for hydroxylation is 2. The van der Waals surface area contributed by atoms with E-state index in [2.05, 4.69) is 19.0 Å². The molecule has 4 rings (SSSR count). The molecule has 0 radical (unpaired) electrons. The second-order valence-corrected chi connectivity index (χ2v) is 10.2. The Hall–Kier alpha value is -0.880. The Balaban J connectivity index is 1.63. The Kier molecular flexibility index (Phi) is 3.13. The number of hydrogen-bond donors (Lipinski definition) is 0. The lowest BCUT2D eigenvalue weighted by molar-refractivity contribution is 0.114. The summed E-state index contributed by atoms with van der Waals surface area (Å²) < 4.78 is 32.8. The minimum absolute atomic E-state index is 0.0325. The smallest absolute Gasteiger partial charge is 0.215 e. The summed E-state index contributed by atoms with van der Waals surface area (Å²) in [6.07, 6.45) is 3.99. The zero-order valence-electron chi connectivity index (χ0n) is 14.4. The third-order valence-electron chi connectivity index (χ3n) is 7.30. The van der Waals surface area contributed by atoms with Gasteiger partial charge in [0, 0.05) is 23.6 Å². The first kappa shape index (κ1) is 15.6. The molecule has 3 fully saturated rings. The van der Waals surface area contributed by atoms with E-state index >= 15 is 0 Å². The van der Waals surface area contributed by atoms with Crippen molar-refractivity contribution >= 4 is 10.0 Å². The summed E-state index contributed by atoms with van der Waals surface area (Å²) in [7, 11) is -3.16. The van der Waals surface area contributed by atoms with Gasteiger partial charge in [-0.2, -0.15) is 4.31 Å². The zero-order chi connectivity index (χ0) is 16.6. The molecule has 0 N–H and O–H groups in total. The number of fused-ring (bicyclic) bond motifs is 1. The van der Waals surface area contributed by atoms with Crippen LogP contribution in [0.25, 0.3) is 0 Å². The van der Waals surface area contributed by atoms with Gasteiger partial charge < -0.3 is 4.52 Å². The molecule has 3 aliphatic rings. The van der Waals surface area contributed by atoms with Gasteiger partial charge in [-0.15, -0.1) is 0 Å². The highest BCUT2D eigenvalue weighted by atomic mass is 32.2. The van der Waals surface area contributed by atoms with E-state index in [-0.39, 0.29) is 16.9 Å². The quantitative estimate of drug-likeness (QED) is 0.850. The first-order valence-corrected chi connectivity index (χ1v) is 10.2. The number of sulfonamides is 1. The second kappa shape index (κ2) is 4.60. The maximum absolute atomic E-state index is 12.9. The largest absolute Gasteiger partial charge is 0.361 e. The fourth-order valence-electron chi connectivity index (χ4n) is 5.75. The molecule has 1 unspecified atom stereocenters. The van der Waals surface area contributed by atoms with E-state index < -0.39 is 10.0 Å². The van der Waals surface area contributed by atoms with Crippen LogP contribution in [0.2, 0.25) is 0 Å². The molecule has 0 aromatic carbocycles. The van der Waals surface area contributed by atoms with E-state index in [1.807, 2.05) is 18.2 Å². The number of hydrogen-bond acceptors (Lipinski definition) is 4. The Morgan fingerprint density at radius 1 is 1.35 bits per heavy atom. The number of rotatable bonds is 3. The van der Waals surface area contributed by atoms with Crippen LogP contribution in [-0.2, 0) is 16.4 Å². The average molecular weight is 338 g/mol. The molecule has 2 saturated carbocycles. The van der Waals surface area contributed by atoms with Gasteiger partial charge in [0.15, 0.2) is 0 Å². The Bertz CT molecular complexity index is 732. The molecule has 1 aliphatic heterocycles. The van der Waals surface area contributed by atoms with Gasteiger partial charge in [0.1, 0.15) is 5.76 Å². The van der Waals surface area contributed by atoms with Crippen molar-refractivity contribution in [3.05, 3.63) is 17.0 Å². The summed E-state index contributed by atoms with van der Waals surface area (Å²) in [6.45, 7) is 8.96. The van der Waals surface area contributed by atoms with E-state index in [1.54, 1.807) is 0 Å². The van der Waals surface area contributed by atoms with Gasteiger partial charge in [0.2, 0.25) is 10.0 Å². The summed E-state index contributed by atoms with van der Waals surface area (Å²) in [5.41, 5.74) is 2.04. The molecule has 128 valence electrons. The summed E-state index contributed by atoms with van der Waals surface area (Å²) >= 11 is 0. The first-order valence-electron chi connectivity index (χ1n) is 8.60. The van der Waals surface area contributed by atoms with Gasteiger partial charge in [0.25, 0.3) is 0 Å². The third-order valence-corrected chi connectivity index (χ3v) is 9.33. The lowest BCUT2D eigenvalue weighted by Crippen LogP contribution is -2.42. The predicted molar refractivity (Wildman–Crippen MR) is 87.5 cm³/mol. The van der Waals surface area contributed by atoms with Crippen molar-refractivity contribution in [2.45, 2.75) is 59.4 Å². The van der Waals surface area contributed by atoms with Crippen molar-refractivity contribution < 1.29 is 12.9 Å². The molecule has 5 nitrogen and oxygen atoms in total. The van der Waals surface area contributed by atoms with Crippen molar-refractivity contribution in [2.24, 2.45) is 16.7 Å². The van der Waals surface area contributed by atoms with Crippen LogP contribution in [0.4, 0.5) is 0 Å². The molecular formula is C17H26N2O3S. The molecule has 1 spiro atoms. The van der Waals surface area contributed by atoms with Crippen LogP contribution in [0.1, 0.15) is 50.1 Å². The van der Waals surface area contributed by atoms with Gasteiger partial charge in [-0.05, 0) is 50.9 Å². The van der Waals surface area contributed by atoms with Crippen molar-refractivity contribution in [1.82, 2.24) is 9.46 Å². The maximum atomic E-state index is 12.9. The van der Waals surface area contributed by atoms with Crippen molar-refractivity contribution in [3.63, 3.8) is 0 Å². The van der Waals surface area contributed by atoms with Crippen molar-refractivity contribution in [3.8, 4) is 0 Å². The van der Waals surface area contributed by atoms with Crippen LogP contribution >= 0.6 is 0 Å². The summed E-state index contributed by atoms with van der Waals surface area (Å²) in [5, 5.41) is 3.98. The van der Waals surface area contributed by atoms with E-state index in [9.17, 15) is 8.42 Å². The second-order valence-electron chi connectivity index (χ2n) is 8.28. The molecule has 23 heavy (non-hydrogen) atoms. The Labute approximate surface area is 138 Å². The molecular weight excluding hydrogens is 312 g/mol. The lowest BCUT2D eigenvalue weighted by atomic mass is 9.69. The van der Waals surface area contributed by atoms with Gasteiger partial charge in [0.05, 0.1) is 11.4 Å². The molecule has 2 heterocycles. The maximum Gasteiger partial charge on any atom is 0.215 e. The highest BCUT2D eigenvalue weighted by Gasteiger charge is 2.71. The van der Waals surface area contributed by atoms with Crippen LogP contribution in [0.3, 0.4) is 0 Å². The number of nitrogens with zero attached hydrogens (tertiary/aromatic N) is 2. The monoisotopic (exact) mass is 338 g/mol. The fourth-order valence-corrected chi connectivity index (χ4v) is 8.32. The average Bonchev–Trinajstić information content (AvgIpc) is 3.05. The molecule has 6 heteroatoms. The highest BCUT2D eigenvalue weighted by molar-refractivity contribution is 7.89. The molecule has 1 aromatic rings. The molecule has 1 saturated heterocycles. The van der Waals surface area contributed by atoms with Gasteiger partial charge >= 0.3 is 0 Å². The van der Waals surface area contributed by atoms with Crippen molar-refractivity contribution in [1.29, 1.82) is 0 Å². The van der Waals surface area contributed by atoms with E-state index in [0.717, 1.165) is 29.9 Å². The summed E-state index contributed by atoms with van der Waals surface area (Å²) in [4.78, 5) is 0. The zero-order valence-corrected chi connectivity index (χ0v) is 15.2. The van der Waals surface area contributed by atoms with E-state index in [4.69, 9.17) is 4.52 Å². The molecule has 0 amide bonds. The topological polar surface area (TPSA) is 63.4 Å². The molecule has 2 bridgehead atoms. The van der Waals surface area contributed by atoms with E-state index in [1.165, 1.54) is 6.42 Å². The number of aromatic nitrogens is 1. The van der Waals surface area contributed by atoms with Gasteiger partial charge in [-0.3, -0.25) is 0 Å². The van der Waals surface area contributed by atoms with Crippen LogP contribution in [-0.4, -0.2) is 36.2 Å². The molecule has 2 aliphatic carbocycles. The van der Waals surface area contributed by atoms with Gasteiger partial charge in [-0.1, -0.05) is 19.0 Å². The van der Waals surface area contributed by atoms with Crippen LogP contribution < -0.4 is 0 Å². The summed E-state index contributed by atoms with van der Waals surface area (Å²) in [6, 6.07) is 0.196. The SMILES string of the molecule is Cc1noc(C)c1CCN1[C@@H]2C[C@H]3CCC2(CS1(=O)=O)C3(C)C. The normalized spacial score (nSPS) is 37.4. The fraction of sp³-hybridized carbons (Fsp3) is 0.824. The first-order chi connectivity index (χ1) is 10.7. The Morgan fingerprint density at radius 3 is 2.70 bits per heavy atom. The highest BCUT2D eigenvalue weighted by Crippen LogP contribution is 2.69. The predicted octanol–water partition coefficient (Wildman–Crippen LogP) is 2.67. The van der Waals surface area contributed by atoms with Crippen LogP contribution in [0.5, 0.6) is 0 Å². The van der Waals surface area contributed by atoms with Crippen LogP contribution in [0.15, 0.2) is 4.52 Å².